The highest BCUT2D eigenvalue weighted by atomic mass is 16.3. The topological polar surface area (TPSA) is 54.0 Å². The van der Waals surface area contributed by atoms with E-state index in [0.29, 0.717) is 12.4 Å². The van der Waals surface area contributed by atoms with Gasteiger partial charge in [-0.2, -0.15) is 0 Å². The first kappa shape index (κ1) is 22.1. The lowest BCUT2D eigenvalue weighted by Gasteiger charge is -2.15. The number of furan rings is 1. The van der Waals surface area contributed by atoms with Crippen molar-refractivity contribution in [2.45, 2.75) is 6.67 Å². The Bertz CT molecular complexity index is 1980. The van der Waals surface area contributed by atoms with Gasteiger partial charge in [0.25, 0.3) is 0 Å². The van der Waals surface area contributed by atoms with Crippen LogP contribution in [-0.2, 0) is 6.67 Å². The van der Waals surface area contributed by atoms with E-state index in [1.165, 1.54) is 0 Å². The second-order valence-corrected chi connectivity index (χ2v) is 9.42. The van der Waals surface area contributed by atoms with Crippen molar-refractivity contribution in [2.24, 2.45) is 0 Å². The number of aromatic nitrogens is 1. The number of benzene rings is 5. The maximum Gasteiger partial charge on any atom is 0.145 e. The molecule has 0 bridgehead atoms. The van der Waals surface area contributed by atoms with E-state index in [-0.39, 0.29) is 0 Å². The van der Waals surface area contributed by atoms with Gasteiger partial charge in [-0.1, -0.05) is 97.1 Å². The summed E-state index contributed by atoms with van der Waals surface area (Å²) in [5.41, 5.74) is 7.34. The van der Waals surface area contributed by atoms with Crippen molar-refractivity contribution >= 4 is 55.2 Å². The van der Waals surface area contributed by atoms with Crippen molar-refractivity contribution in [3.8, 4) is 0 Å². The minimum absolute atomic E-state index is 0.461. The van der Waals surface area contributed by atoms with Gasteiger partial charge in [0.15, 0.2) is 0 Å². The van der Waals surface area contributed by atoms with E-state index in [1.54, 1.807) is 0 Å². The van der Waals surface area contributed by atoms with Crippen LogP contribution in [0.5, 0.6) is 0 Å². The van der Waals surface area contributed by atoms with E-state index in [4.69, 9.17) is 9.83 Å². The predicted octanol–water partition coefficient (Wildman–Crippen LogP) is 8.35. The summed E-state index contributed by atoms with van der Waals surface area (Å²) >= 11 is 0. The van der Waals surface area contributed by atoms with Crippen molar-refractivity contribution in [1.82, 2.24) is 9.88 Å². The van der Waals surface area contributed by atoms with E-state index < -0.39 is 0 Å². The zero-order chi connectivity index (χ0) is 25.5. The number of nitrogens with zero attached hydrogens (tertiary/aromatic N) is 1. The summed E-state index contributed by atoms with van der Waals surface area (Å²) < 4.78 is 8.70. The van der Waals surface area contributed by atoms with Crippen LogP contribution < -0.4 is 5.32 Å². The van der Waals surface area contributed by atoms with Crippen LogP contribution in [0.2, 0.25) is 0 Å². The van der Waals surface area contributed by atoms with Gasteiger partial charge in [0.1, 0.15) is 11.2 Å². The van der Waals surface area contributed by atoms with Crippen molar-refractivity contribution in [2.75, 3.05) is 0 Å². The van der Waals surface area contributed by atoms with Gasteiger partial charge in [-0.3, -0.25) is 0 Å². The van der Waals surface area contributed by atoms with E-state index in [0.717, 1.165) is 60.6 Å². The maximum absolute atomic E-state index is 8.73. The Labute approximate surface area is 219 Å². The number of nitrogens with one attached hydrogen (secondary N) is 2. The molecule has 0 aliphatic rings. The highest BCUT2D eigenvalue weighted by Gasteiger charge is 2.17. The summed E-state index contributed by atoms with van der Waals surface area (Å²) in [6.07, 6.45) is 1.91. The largest absolute Gasteiger partial charge is 0.455 e. The standard InChI is InChI=1S/C34H25N3O/c35-28(23-11-3-1-4-12-23)21-29(24-13-5-2-6-14-24)36-22-37-30-17-9-7-16-27(30)33-31(37)20-19-26-25-15-8-10-18-32(25)38-34(26)33/h1-21,35-36H,22H2/b29-21-,35-28?. The third-order valence-corrected chi connectivity index (χ3v) is 7.17. The summed E-state index contributed by atoms with van der Waals surface area (Å²) in [7, 11) is 0. The van der Waals surface area contributed by atoms with Crippen LogP contribution in [0.25, 0.3) is 49.4 Å². The molecule has 7 aromatic rings. The van der Waals surface area contributed by atoms with Gasteiger partial charge in [0, 0.05) is 21.9 Å². The van der Waals surface area contributed by atoms with Crippen LogP contribution in [-0.4, -0.2) is 10.3 Å². The normalized spacial score (nSPS) is 12.1. The van der Waals surface area contributed by atoms with E-state index in [2.05, 4.69) is 70.5 Å². The van der Waals surface area contributed by atoms with Crippen molar-refractivity contribution < 1.29 is 4.42 Å². The summed E-state index contributed by atoms with van der Waals surface area (Å²) in [5, 5.41) is 16.9. The number of allylic oxidation sites excluding steroid dienone is 1. The van der Waals surface area contributed by atoms with Crippen LogP contribution in [0, 0.1) is 5.41 Å². The predicted molar refractivity (Wildman–Crippen MR) is 158 cm³/mol. The van der Waals surface area contributed by atoms with E-state index >= 15 is 0 Å². The minimum atomic E-state index is 0.461. The Balaban J connectivity index is 1.36. The minimum Gasteiger partial charge on any atom is -0.455 e. The molecule has 182 valence electrons. The number of para-hydroxylation sites is 2. The lowest BCUT2D eigenvalue weighted by Crippen LogP contribution is -2.18. The third-order valence-electron chi connectivity index (χ3n) is 7.17. The van der Waals surface area contributed by atoms with Crippen LogP contribution in [0.1, 0.15) is 11.1 Å². The molecule has 2 aromatic heterocycles. The molecule has 4 nitrogen and oxygen atoms in total. The zero-order valence-electron chi connectivity index (χ0n) is 20.7. The molecule has 38 heavy (non-hydrogen) atoms. The summed E-state index contributed by atoms with van der Waals surface area (Å²) in [4.78, 5) is 0. The molecule has 0 unspecified atom stereocenters. The van der Waals surface area contributed by atoms with Gasteiger partial charge in [-0.25, -0.2) is 0 Å². The molecule has 0 spiro atoms. The Hall–Kier alpha value is -5.09. The summed E-state index contributed by atoms with van der Waals surface area (Å²) in [5.74, 6) is 0. The molecular weight excluding hydrogens is 466 g/mol. The molecule has 0 aliphatic heterocycles. The van der Waals surface area contributed by atoms with Crippen LogP contribution in [0.4, 0.5) is 0 Å². The highest BCUT2D eigenvalue weighted by molar-refractivity contribution is 6.23. The fourth-order valence-electron chi connectivity index (χ4n) is 5.35. The van der Waals surface area contributed by atoms with Crippen molar-refractivity contribution in [1.29, 1.82) is 5.41 Å². The first-order chi connectivity index (χ1) is 18.8. The molecule has 0 atom stereocenters. The summed E-state index contributed by atoms with van der Waals surface area (Å²) in [6.45, 7) is 0.540. The molecule has 5 aromatic carbocycles. The van der Waals surface area contributed by atoms with Gasteiger partial charge in [0.2, 0.25) is 0 Å². The second-order valence-electron chi connectivity index (χ2n) is 9.42. The van der Waals surface area contributed by atoms with Gasteiger partial charge < -0.3 is 19.7 Å². The Morgan fingerprint density at radius 1 is 0.658 bits per heavy atom. The number of hydrogen-bond acceptors (Lipinski definition) is 3. The molecule has 4 heteroatoms. The van der Waals surface area contributed by atoms with Gasteiger partial charge in [-0.05, 0) is 41.5 Å². The maximum atomic E-state index is 8.73. The first-order valence-electron chi connectivity index (χ1n) is 12.7. The number of rotatable bonds is 6. The molecule has 0 amide bonds. The molecular formula is C34H25N3O. The Kier molecular flexibility index (Phi) is 5.30. The molecule has 2 heterocycles. The lowest BCUT2D eigenvalue weighted by molar-refractivity contribution is 0.672. The van der Waals surface area contributed by atoms with E-state index in [1.807, 2.05) is 66.7 Å². The van der Waals surface area contributed by atoms with Gasteiger partial charge >= 0.3 is 0 Å². The molecule has 0 saturated carbocycles. The first-order valence-corrected chi connectivity index (χ1v) is 12.7. The molecule has 7 rings (SSSR count). The van der Waals surface area contributed by atoms with Crippen molar-refractivity contribution in [3.63, 3.8) is 0 Å². The molecule has 0 fully saturated rings. The second kappa shape index (κ2) is 9.09. The summed E-state index contributed by atoms with van der Waals surface area (Å²) in [6, 6.07) is 41.1. The smallest absolute Gasteiger partial charge is 0.145 e. The Morgan fingerprint density at radius 2 is 1.32 bits per heavy atom. The average Bonchev–Trinajstić information content (AvgIpc) is 3.51. The Morgan fingerprint density at radius 3 is 2.11 bits per heavy atom. The SMILES string of the molecule is N=C(/C=C(\NCn1c2ccccc2c2c3oc4ccccc4c3ccc21)c1ccccc1)c1ccccc1. The fourth-order valence-corrected chi connectivity index (χ4v) is 5.35. The molecule has 2 N–H and O–H groups in total. The van der Waals surface area contributed by atoms with Gasteiger partial charge in [0.05, 0.1) is 28.8 Å². The molecule has 0 saturated heterocycles. The van der Waals surface area contributed by atoms with E-state index in [9.17, 15) is 0 Å². The zero-order valence-corrected chi connectivity index (χ0v) is 20.7. The van der Waals surface area contributed by atoms with Crippen LogP contribution in [0.15, 0.2) is 132 Å². The highest BCUT2D eigenvalue weighted by Crippen LogP contribution is 2.39. The lowest BCUT2D eigenvalue weighted by atomic mass is 10.1. The monoisotopic (exact) mass is 491 g/mol. The van der Waals surface area contributed by atoms with Crippen LogP contribution in [0.3, 0.4) is 0 Å². The van der Waals surface area contributed by atoms with Crippen LogP contribution >= 0.6 is 0 Å². The molecule has 0 radical (unpaired) electrons. The number of hydrogen-bond donors (Lipinski definition) is 2. The molecule has 0 aliphatic carbocycles. The number of fused-ring (bicyclic) bond motifs is 7. The fraction of sp³-hybridized carbons (Fsp3) is 0.0294. The van der Waals surface area contributed by atoms with Gasteiger partial charge in [-0.15, -0.1) is 0 Å². The third kappa shape index (κ3) is 3.66. The quantitative estimate of drug-likeness (QED) is 0.230. The van der Waals surface area contributed by atoms with Crippen molar-refractivity contribution in [3.05, 3.63) is 139 Å². The average molecular weight is 492 g/mol.